The first-order valence-electron chi connectivity index (χ1n) is 13.2. The highest BCUT2D eigenvalue weighted by molar-refractivity contribution is 14.1. The Morgan fingerprint density at radius 1 is 0.913 bits per heavy atom. The Bertz CT molecular complexity index is 1990. The number of phosphoric acid groups is 2. The van der Waals surface area contributed by atoms with E-state index in [2.05, 4.69) is 24.9 Å². The van der Waals surface area contributed by atoms with Gasteiger partial charge in [0.1, 0.15) is 54.4 Å². The summed E-state index contributed by atoms with van der Waals surface area (Å²) < 4.78 is 62.2. The van der Waals surface area contributed by atoms with Crippen molar-refractivity contribution in [3.05, 3.63) is 32.8 Å². The van der Waals surface area contributed by atoms with Gasteiger partial charge in [0.2, 0.25) is 5.95 Å². The van der Waals surface area contributed by atoms with Crippen LogP contribution in [0.4, 0.5) is 11.8 Å². The molecule has 3 aliphatic heterocycles. The van der Waals surface area contributed by atoms with Gasteiger partial charge >= 0.3 is 15.6 Å². The minimum absolute atomic E-state index is 0.124. The van der Waals surface area contributed by atoms with E-state index in [1.165, 1.54) is 10.9 Å². The number of H-pyrrole nitrogens is 1. The van der Waals surface area contributed by atoms with Gasteiger partial charge in [0.25, 0.3) is 5.56 Å². The largest absolute Gasteiger partial charge is 0.472 e. The Labute approximate surface area is 268 Å². The molecular formula is C21H24IN9O13P2. The Morgan fingerprint density at radius 3 is 2.33 bits per heavy atom. The zero-order valence-corrected chi connectivity index (χ0v) is 26.8. The normalized spacial score (nSPS) is 37.2. The number of nitrogens with one attached hydrogen (secondary N) is 1. The molecule has 46 heavy (non-hydrogen) atoms. The maximum atomic E-state index is 13.2. The standard InChI is InChI=1S/C21H24IN9O13P2/c22-6-1-30(16-9(6)15(23)25-4-26-16)19-12(33)13-8(42-19)3-40-46(37,38)44-14-11(32)7(2-39-45(35,36)43-13)41-20(14)31-5-27-10-17(31)28-21(24)29-18(10)34/h1,4-5,7-8,11-14,19-20,32-33H,2-3H2,(H,35,36)(H,37,38)(H2,23,25,26)(H3,24,28,29,34)/t7-,8-,11-,12-,13-,14-,19-,20-/m1/s1. The molecule has 0 spiro atoms. The molecule has 248 valence electrons. The lowest BCUT2D eigenvalue weighted by Gasteiger charge is -2.25. The summed E-state index contributed by atoms with van der Waals surface area (Å²) in [6, 6.07) is 0. The molecule has 2 unspecified atom stereocenters. The second-order valence-corrected chi connectivity index (χ2v) is 14.4. The SMILES string of the molecule is Nc1nc2c(ncn2[C@@H]2O[C@@H]3COP(=O)(O)O[C@H]4[C@@H](O)[C@H](n5cc(I)c6c(N)ncnc65)O[C@@H]4COP(=O)(O)O[C@@H]2[C@@H]3O)c(=O)[nH]1. The van der Waals surface area contributed by atoms with Crippen molar-refractivity contribution in [2.75, 3.05) is 24.7 Å². The highest BCUT2D eigenvalue weighted by Crippen LogP contribution is 2.53. The summed E-state index contributed by atoms with van der Waals surface area (Å²) in [5, 5.41) is 22.7. The zero-order chi connectivity index (χ0) is 32.7. The minimum atomic E-state index is -5.11. The van der Waals surface area contributed by atoms with Crippen LogP contribution in [0.15, 0.2) is 23.6 Å². The highest BCUT2D eigenvalue weighted by atomic mass is 127. The van der Waals surface area contributed by atoms with Crippen LogP contribution in [0.1, 0.15) is 12.5 Å². The van der Waals surface area contributed by atoms with E-state index in [-0.39, 0.29) is 28.6 Å². The number of nitrogens with zero attached hydrogens (tertiary/aromatic N) is 6. The molecule has 0 saturated carbocycles. The van der Waals surface area contributed by atoms with Gasteiger partial charge < -0.3 is 45.5 Å². The van der Waals surface area contributed by atoms with Gasteiger partial charge in [-0.05, 0) is 22.6 Å². The van der Waals surface area contributed by atoms with Crippen molar-refractivity contribution in [1.29, 1.82) is 0 Å². The van der Waals surface area contributed by atoms with Gasteiger partial charge in [-0.3, -0.25) is 32.4 Å². The topological polar surface area (TPSA) is 317 Å². The maximum Gasteiger partial charge on any atom is 0.472 e. The Balaban J connectivity index is 1.21. The maximum absolute atomic E-state index is 13.2. The summed E-state index contributed by atoms with van der Waals surface area (Å²) in [5.74, 6) is -0.126. The predicted molar refractivity (Wildman–Crippen MR) is 158 cm³/mol. The van der Waals surface area contributed by atoms with Crippen molar-refractivity contribution in [3.8, 4) is 0 Å². The van der Waals surface area contributed by atoms with Gasteiger partial charge in [-0.25, -0.2) is 24.1 Å². The van der Waals surface area contributed by atoms with Crippen LogP contribution >= 0.6 is 38.2 Å². The smallest absolute Gasteiger partial charge is 0.387 e. The number of aromatic amines is 1. The fourth-order valence-corrected chi connectivity index (χ4v) is 8.21. The lowest BCUT2D eigenvalue weighted by atomic mass is 10.1. The van der Waals surface area contributed by atoms with Crippen LogP contribution < -0.4 is 17.0 Å². The minimum Gasteiger partial charge on any atom is -0.387 e. The number of nitrogens with two attached hydrogens (primary N) is 2. The average Bonchev–Trinajstić information content (AvgIpc) is 3.71. The molecule has 0 amide bonds. The average molecular weight is 799 g/mol. The third kappa shape index (κ3) is 5.53. The number of rotatable bonds is 2. The van der Waals surface area contributed by atoms with Crippen LogP contribution in [0.5, 0.6) is 0 Å². The van der Waals surface area contributed by atoms with E-state index in [9.17, 15) is 33.9 Å². The molecule has 3 aliphatic rings. The summed E-state index contributed by atoms with van der Waals surface area (Å²) in [7, 11) is -10.2. The van der Waals surface area contributed by atoms with E-state index in [0.29, 0.717) is 8.96 Å². The molecular weight excluding hydrogens is 775 g/mol. The van der Waals surface area contributed by atoms with Gasteiger partial charge in [-0.1, -0.05) is 0 Å². The van der Waals surface area contributed by atoms with Gasteiger partial charge in [-0.2, -0.15) is 4.98 Å². The number of hydrogen-bond donors (Lipinski definition) is 7. The quantitative estimate of drug-likeness (QED) is 0.0931. The number of imidazole rings is 1. The fourth-order valence-electron chi connectivity index (χ4n) is 5.50. The molecule has 25 heteroatoms. The van der Waals surface area contributed by atoms with E-state index in [4.69, 9.17) is 39.0 Å². The second-order valence-electron chi connectivity index (χ2n) is 10.4. The van der Waals surface area contributed by atoms with Crippen molar-refractivity contribution in [2.24, 2.45) is 0 Å². The Kier molecular flexibility index (Phi) is 7.99. The predicted octanol–water partition coefficient (Wildman–Crippen LogP) is -1.13. The molecule has 7 heterocycles. The van der Waals surface area contributed by atoms with Crippen LogP contribution in [-0.2, 0) is 36.7 Å². The zero-order valence-electron chi connectivity index (χ0n) is 22.8. The molecule has 4 aromatic heterocycles. The van der Waals surface area contributed by atoms with Crippen molar-refractivity contribution in [2.45, 2.75) is 49.1 Å². The summed E-state index contributed by atoms with van der Waals surface area (Å²) in [4.78, 5) is 52.1. The molecule has 0 aliphatic carbocycles. The first-order valence-corrected chi connectivity index (χ1v) is 17.3. The number of aliphatic hydroxyl groups excluding tert-OH is 2. The summed E-state index contributed by atoms with van der Waals surface area (Å²) in [6.45, 7) is -1.63. The lowest BCUT2D eigenvalue weighted by Crippen LogP contribution is -2.36. The molecule has 10 atom stereocenters. The van der Waals surface area contributed by atoms with Gasteiger partial charge in [0.05, 0.1) is 24.9 Å². The Morgan fingerprint density at radius 2 is 1.59 bits per heavy atom. The molecule has 0 radical (unpaired) electrons. The van der Waals surface area contributed by atoms with Gasteiger partial charge in [-0.15, -0.1) is 0 Å². The first kappa shape index (κ1) is 31.9. The van der Waals surface area contributed by atoms with E-state index in [0.717, 1.165) is 10.9 Å². The lowest BCUT2D eigenvalue weighted by molar-refractivity contribution is -0.0671. The van der Waals surface area contributed by atoms with E-state index < -0.39 is 83.5 Å². The molecule has 22 nitrogen and oxygen atoms in total. The molecule has 7 rings (SSSR count). The summed E-state index contributed by atoms with van der Waals surface area (Å²) >= 11 is 1.98. The van der Waals surface area contributed by atoms with Crippen LogP contribution in [0.2, 0.25) is 0 Å². The molecule has 3 saturated heterocycles. The third-order valence-electron chi connectivity index (χ3n) is 7.53. The number of phosphoric ester groups is 2. The van der Waals surface area contributed by atoms with Crippen molar-refractivity contribution < 1.29 is 56.7 Å². The van der Waals surface area contributed by atoms with Gasteiger partial charge in [0, 0.05) is 9.77 Å². The number of hydrogen-bond acceptors (Lipinski definition) is 17. The fraction of sp³-hybridized carbons (Fsp3) is 0.476. The van der Waals surface area contributed by atoms with Crippen LogP contribution in [0, 0.1) is 3.57 Å². The molecule has 3 fully saturated rings. The van der Waals surface area contributed by atoms with Crippen molar-refractivity contribution >= 4 is 72.2 Å². The number of anilines is 2. The third-order valence-corrected chi connectivity index (χ3v) is 10.3. The van der Waals surface area contributed by atoms with E-state index >= 15 is 0 Å². The van der Waals surface area contributed by atoms with Crippen molar-refractivity contribution in [3.63, 3.8) is 0 Å². The molecule has 4 aromatic rings. The Hall–Kier alpha value is -2.64. The van der Waals surface area contributed by atoms with E-state index in [1.807, 2.05) is 22.6 Å². The van der Waals surface area contributed by atoms with Crippen LogP contribution in [-0.4, -0.2) is 104 Å². The molecule has 9 N–H and O–H groups in total. The van der Waals surface area contributed by atoms with Gasteiger partial charge in [0.15, 0.2) is 23.6 Å². The number of halogens is 1. The van der Waals surface area contributed by atoms with Crippen molar-refractivity contribution in [1.82, 2.24) is 34.1 Å². The summed E-state index contributed by atoms with van der Waals surface area (Å²) in [5.41, 5.74) is 10.9. The number of nitrogen functional groups attached to an aromatic ring is 2. The molecule has 2 bridgehead atoms. The number of aliphatic hydroxyl groups is 2. The first-order chi connectivity index (χ1) is 21.7. The summed E-state index contributed by atoms with van der Waals surface area (Å²) in [6.07, 6.45) is -8.69. The van der Waals surface area contributed by atoms with Crippen LogP contribution in [0.25, 0.3) is 22.2 Å². The monoisotopic (exact) mass is 799 g/mol. The molecule has 0 aromatic carbocycles. The van der Waals surface area contributed by atoms with Crippen LogP contribution in [0.3, 0.4) is 0 Å². The number of fused-ring (bicyclic) bond motifs is 5. The number of ether oxygens (including phenoxy) is 2. The highest BCUT2D eigenvalue weighted by Gasteiger charge is 2.54. The number of aromatic nitrogens is 7. The second kappa shape index (κ2) is 11.5. The van der Waals surface area contributed by atoms with E-state index in [1.54, 1.807) is 6.20 Å².